The molecule has 1 aromatic rings. The molecule has 0 aliphatic carbocycles. The SMILES string of the molecule is Cn1cc(C(N)CCO)n(C)c1=O. The van der Waals surface area contributed by atoms with E-state index in [0.29, 0.717) is 6.42 Å². The van der Waals surface area contributed by atoms with Gasteiger partial charge in [0.2, 0.25) is 0 Å². The molecule has 0 aliphatic rings. The average Bonchev–Trinajstić information content (AvgIpc) is 2.33. The van der Waals surface area contributed by atoms with Crippen LogP contribution in [0.1, 0.15) is 18.2 Å². The summed E-state index contributed by atoms with van der Waals surface area (Å²) in [6.07, 6.45) is 2.17. The predicted octanol–water partition coefficient (Wildman–Crippen LogP) is -0.894. The molecule has 1 heterocycles. The van der Waals surface area contributed by atoms with Gasteiger partial charge in [0.1, 0.15) is 0 Å². The van der Waals surface area contributed by atoms with Crippen molar-refractivity contribution in [3.8, 4) is 0 Å². The van der Waals surface area contributed by atoms with Crippen molar-refractivity contribution in [2.75, 3.05) is 6.61 Å². The lowest BCUT2D eigenvalue weighted by Gasteiger charge is -2.08. The molecule has 0 spiro atoms. The number of hydrogen-bond acceptors (Lipinski definition) is 3. The summed E-state index contributed by atoms with van der Waals surface area (Å²) < 4.78 is 2.98. The zero-order valence-electron chi connectivity index (χ0n) is 7.90. The number of nitrogens with zero attached hydrogens (tertiary/aromatic N) is 2. The third kappa shape index (κ3) is 1.81. The molecule has 1 aromatic heterocycles. The van der Waals surface area contributed by atoms with Crippen LogP contribution in [-0.4, -0.2) is 20.8 Å². The lowest BCUT2D eigenvalue weighted by molar-refractivity contribution is 0.275. The number of aliphatic hydroxyl groups is 1. The van der Waals surface area contributed by atoms with Crippen LogP contribution in [0, 0.1) is 0 Å². The highest BCUT2D eigenvalue weighted by Crippen LogP contribution is 2.10. The van der Waals surface area contributed by atoms with Crippen molar-refractivity contribution < 1.29 is 5.11 Å². The molecule has 5 heteroatoms. The Bertz CT molecular complexity index is 340. The standard InChI is InChI=1S/C8H15N3O2/c1-10-5-7(6(9)3-4-12)11(2)8(10)13/h5-6,12H,3-4,9H2,1-2H3. The molecule has 0 aromatic carbocycles. The minimum atomic E-state index is -0.274. The number of rotatable bonds is 3. The summed E-state index contributed by atoms with van der Waals surface area (Å²) in [5.74, 6) is 0. The van der Waals surface area contributed by atoms with E-state index in [1.807, 2.05) is 0 Å². The van der Waals surface area contributed by atoms with Crippen molar-refractivity contribution in [3.05, 3.63) is 22.4 Å². The second-order valence-electron chi connectivity index (χ2n) is 3.13. The molecule has 13 heavy (non-hydrogen) atoms. The van der Waals surface area contributed by atoms with Crippen LogP contribution >= 0.6 is 0 Å². The fourth-order valence-electron chi connectivity index (χ4n) is 1.32. The van der Waals surface area contributed by atoms with E-state index in [1.54, 1.807) is 20.3 Å². The molecule has 0 aliphatic heterocycles. The number of aryl methyl sites for hydroxylation is 1. The highest BCUT2D eigenvalue weighted by atomic mass is 16.3. The first-order valence-electron chi connectivity index (χ1n) is 4.16. The van der Waals surface area contributed by atoms with Gasteiger partial charge in [0, 0.05) is 32.9 Å². The Morgan fingerprint density at radius 3 is 2.62 bits per heavy atom. The van der Waals surface area contributed by atoms with E-state index in [2.05, 4.69) is 0 Å². The van der Waals surface area contributed by atoms with E-state index in [4.69, 9.17) is 10.8 Å². The van der Waals surface area contributed by atoms with Gasteiger partial charge in [0.05, 0.1) is 5.69 Å². The molecule has 74 valence electrons. The average molecular weight is 185 g/mol. The van der Waals surface area contributed by atoms with Gasteiger partial charge in [-0.25, -0.2) is 4.79 Å². The maximum Gasteiger partial charge on any atom is 0.327 e. The number of nitrogens with two attached hydrogens (primary N) is 1. The van der Waals surface area contributed by atoms with Crippen molar-refractivity contribution in [1.29, 1.82) is 0 Å². The van der Waals surface area contributed by atoms with E-state index in [-0.39, 0.29) is 18.3 Å². The largest absolute Gasteiger partial charge is 0.396 e. The number of imidazole rings is 1. The summed E-state index contributed by atoms with van der Waals surface area (Å²) >= 11 is 0. The van der Waals surface area contributed by atoms with Gasteiger partial charge in [-0.3, -0.25) is 4.57 Å². The Morgan fingerprint density at radius 2 is 2.23 bits per heavy atom. The highest BCUT2D eigenvalue weighted by molar-refractivity contribution is 5.05. The molecule has 0 saturated heterocycles. The summed E-state index contributed by atoms with van der Waals surface area (Å²) in [6, 6.07) is -0.274. The van der Waals surface area contributed by atoms with Gasteiger partial charge >= 0.3 is 5.69 Å². The lowest BCUT2D eigenvalue weighted by Crippen LogP contribution is -2.23. The summed E-state index contributed by atoms with van der Waals surface area (Å²) in [7, 11) is 3.35. The Hall–Kier alpha value is -1.07. The number of aliphatic hydroxyl groups excluding tert-OH is 1. The van der Waals surface area contributed by atoms with Gasteiger partial charge < -0.3 is 15.4 Å². The van der Waals surface area contributed by atoms with Gasteiger partial charge in [-0.1, -0.05) is 0 Å². The summed E-state index contributed by atoms with van der Waals surface area (Å²) in [4.78, 5) is 11.3. The lowest BCUT2D eigenvalue weighted by atomic mass is 10.2. The Labute approximate surface area is 76.4 Å². The minimum Gasteiger partial charge on any atom is -0.396 e. The first-order chi connectivity index (χ1) is 6.07. The highest BCUT2D eigenvalue weighted by Gasteiger charge is 2.12. The van der Waals surface area contributed by atoms with Crippen molar-refractivity contribution in [2.45, 2.75) is 12.5 Å². The monoisotopic (exact) mass is 185 g/mol. The molecule has 0 saturated carbocycles. The molecule has 0 radical (unpaired) electrons. The first kappa shape index (κ1) is 10.0. The fraction of sp³-hybridized carbons (Fsp3) is 0.625. The second kappa shape index (κ2) is 3.76. The first-order valence-corrected chi connectivity index (χ1v) is 4.16. The molecule has 1 rings (SSSR count). The Kier molecular flexibility index (Phi) is 2.90. The molecule has 0 fully saturated rings. The molecule has 1 atom stereocenters. The molecule has 1 unspecified atom stereocenters. The molecule has 0 amide bonds. The van der Waals surface area contributed by atoms with Gasteiger partial charge in [-0.05, 0) is 6.42 Å². The van der Waals surface area contributed by atoms with Crippen molar-refractivity contribution in [3.63, 3.8) is 0 Å². The van der Waals surface area contributed by atoms with Crippen molar-refractivity contribution >= 4 is 0 Å². The molecular formula is C8H15N3O2. The predicted molar refractivity (Wildman–Crippen MR) is 49.3 cm³/mol. The van der Waals surface area contributed by atoms with Crippen LogP contribution in [-0.2, 0) is 14.1 Å². The maximum atomic E-state index is 11.3. The smallest absolute Gasteiger partial charge is 0.327 e. The summed E-state index contributed by atoms with van der Waals surface area (Å²) in [5, 5.41) is 8.69. The van der Waals surface area contributed by atoms with Crippen LogP contribution in [0.15, 0.2) is 11.0 Å². The van der Waals surface area contributed by atoms with Crippen LogP contribution in [0.3, 0.4) is 0 Å². The van der Waals surface area contributed by atoms with Gasteiger partial charge in [0.15, 0.2) is 0 Å². The maximum absolute atomic E-state index is 11.3. The normalized spacial score (nSPS) is 13.2. The molecule has 0 bridgehead atoms. The van der Waals surface area contributed by atoms with Crippen LogP contribution in [0.5, 0.6) is 0 Å². The van der Waals surface area contributed by atoms with Crippen LogP contribution in [0.25, 0.3) is 0 Å². The third-order valence-corrected chi connectivity index (χ3v) is 2.12. The zero-order valence-corrected chi connectivity index (χ0v) is 7.90. The molecular weight excluding hydrogens is 170 g/mol. The summed E-state index contributed by atoms with van der Waals surface area (Å²) in [5.41, 5.74) is 6.41. The summed E-state index contributed by atoms with van der Waals surface area (Å²) in [6.45, 7) is 0.0320. The number of hydrogen-bond donors (Lipinski definition) is 2. The van der Waals surface area contributed by atoms with E-state index >= 15 is 0 Å². The van der Waals surface area contributed by atoms with E-state index in [0.717, 1.165) is 5.69 Å². The molecule has 5 nitrogen and oxygen atoms in total. The van der Waals surface area contributed by atoms with Crippen LogP contribution < -0.4 is 11.4 Å². The Morgan fingerprint density at radius 1 is 1.62 bits per heavy atom. The third-order valence-electron chi connectivity index (χ3n) is 2.12. The fourth-order valence-corrected chi connectivity index (χ4v) is 1.32. The van der Waals surface area contributed by atoms with E-state index in [1.165, 1.54) is 9.13 Å². The number of aromatic nitrogens is 2. The van der Waals surface area contributed by atoms with E-state index < -0.39 is 0 Å². The van der Waals surface area contributed by atoms with Gasteiger partial charge in [-0.2, -0.15) is 0 Å². The Balaban J connectivity index is 3.01. The van der Waals surface area contributed by atoms with Crippen LogP contribution in [0.2, 0.25) is 0 Å². The van der Waals surface area contributed by atoms with E-state index in [9.17, 15) is 4.79 Å². The van der Waals surface area contributed by atoms with Gasteiger partial charge in [0.25, 0.3) is 0 Å². The minimum absolute atomic E-state index is 0.0320. The molecule has 3 N–H and O–H groups in total. The second-order valence-corrected chi connectivity index (χ2v) is 3.13. The van der Waals surface area contributed by atoms with Gasteiger partial charge in [-0.15, -0.1) is 0 Å². The van der Waals surface area contributed by atoms with Crippen LogP contribution in [0.4, 0.5) is 0 Å². The van der Waals surface area contributed by atoms with Crippen molar-refractivity contribution in [2.24, 2.45) is 19.8 Å². The quantitative estimate of drug-likeness (QED) is 0.641. The van der Waals surface area contributed by atoms with Crippen molar-refractivity contribution in [1.82, 2.24) is 9.13 Å². The zero-order chi connectivity index (χ0) is 10.0. The topological polar surface area (TPSA) is 73.2 Å².